The van der Waals surface area contributed by atoms with Gasteiger partial charge in [-0.3, -0.25) is 9.58 Å². The summed E-state index contributed by atoms with van der Waals surface area (Å²) in [4.78, 5) is 11.2. The van der Waals surface area contributed by atoms with Gasteiger partial charge in [0, 0.05) is 26.7 Å². The van der Waals surface area contributed by atoms with Crippen molar-refractivity contribution in [3.8, 4) is 0 Å². The number of nitrogens with zero attached hydrogens (tertiary/aromatic N) is 5. The SMILES string of the molecule is Cn1ncc2c(N)nc(CN3CCCOCC3)nc21. The number of aromatic nitrogens is 4. The lowest BCUT2D eigenvalue weighted by Gasteiger charge is -2.17. The van der Waals surface area contributed by atoms with E-state index in [1.165, 1.54) is 0 Å². The third kappa shape index (κ3) is 2.52. The van der Waals surface area contributed by atoms with Gasteiger partial charge in [0.2, 0.25) is 0 Å². The van der Waals surface area contributed by atoms with Crippen LogP contribution in [0.2, 0.25) is 0 Å². The van der Waals surface area contributed by atoms with Gasteiger partial charge in [-0.1, -0.05) is 0 Å². The zero-order valence-corrected chi connectivity index (χ0v) is 11.0. The highest BCUT2D eigenvalue weighted by atomic mass is 16.5. The lowest BCUT2D eigenvalue weighted by Crippen LogP contribution is -2.27. The number of nitrogen functional groups attached to an aromatic ring is 1. The normalized spacial score (nSPS) is 17.7. The molecule has 3 heterocycles. The smallest absolute Gasteiger partial charge is 0.163 e. The number of hydrogen-bond donors (Lipinski definition) is 1. The summed E-state index contributed by atoms with van der Waals surface area (Å²) in [6, 6.07) is 0. The maximum atomic E-state index is 5.96. The maximum absolute atomic E-state index is 5.96. The topological polar surface area (TPSA) is 82.1 Å². The van der Waals surface area contributed by atoms with Crippen LogP contribution < -0.4 is 5.73 Å². The fraction of sp³-hybridized carbons (Fsp3) is 0.583. The van der Waals surface area contributed by atoms with Crippen molar-refractivity contribution in [2.75, 3.05) is 32.0 Å². The molecule has 1 saturated heterocycles. The molecule has 2 aromatic rings. The molecule has 0 spiro atoms. The van der Waals surface area contributed by atoms with E-state index in [1.54, 1.807) is 10.9 Å². The van der Waals surface area contributed by atoms with Gasteiger partial charge in [-0.05, 0) is 6.42 Å². The van der Waals surface area contributed by atoms with E-state index in [-0.39, 0.29) is 0 Å². The quantitative estimate of drug-likeness (QED) is 0.830. The molecule has 0 saturated carbocycles. The predicted molar refractivity (Wildman–Crippen MR) is 71.4 cm³/mol. The van der Waals surface area contributed by atoms with Gasteiger partial charge in [-0.2, -0.15) is 5.10 Å². The second-order valence-corrected chi connectivity index (χ2v) is 4.77. The third-order valence-electron chi connectivity index (χ3n) is 3.35. The molecule has 102 valence electrons. The van der Waals surface area contributed by atoms with Crippen molar-refractivity contribution in [2.24, 2.45) is 7.05 Å². The lowest BCUT2D eigenvalue weighted by atomic mass is 10.3. The summed E-state index contributed by atoms with van der Waals surface area (Å²) >= 11 is 0. The molecule has 0 bridgehead atoms. The fourth-order valence-corrected chi connectivity index (χ4v) is 2.32. The van der Waals surface area contributed by atoms with Gasteiger partial charge in [0.05, 0.1) is 24.7 Å². The first-order chi connectivity index (χ1) is 9.24. The molecule has 1 aliphatic rings. The Balaban J connectivity index is 1.85. The molecule has 3 rings (SSSR count). The van der Waals surface area contributed by atoms with Crippen LogP contribution in [0.25, 0.3) is 11.0 Å². The Morgan fingerprint density at radius 2 is 2.21 bits per heavy atom. The van der Waals surface area contributed by atoms with Gasteiger partial charge >= 0.3 is 0 Å². The lowest BCUT2D eigenvalue weighted by molar-refractivity contribution is 0.140. The minimum absolute atomic E-state index is 0.499. The second-order valence-electron chi connectivity index (χ2n) is 4.77. The van der Waals surface area contributed by atoms with E-state index >= 15 is 0 Å². The van der Waals surface area contributed by atoms with Gasteiger partial charge in [0.1, 0.15) is 11.6 Å². The van der Waals surface area contributed by atoms with Crippen molar-refractivity contribution in [3.63, 3.8) is 0 Å². The Morgan fingerprint density at radius 3 is 3.11 bits per heavy atom. The van der Waals surface area contributed by atoms with Crippen molar-refractivity contribution in [2.45, 2.75) is 13.0 Å². The zero-order chi connectivity index (χ0) is 13.2. The van der Waals surface area contributed by atoms with E-state index in [0.717, 1.165) is 49.6 Å². The van der Waals surface area contributed by atoms with Crippen LogP contribution in [0.5, 0.6) is 0 Å². The predicted octanol–water partition coefficient (Wildman–Crippen LogP) is 0.168. The number of ether oxygens (including phenoxy) is 1. The molecule has 1 aliphatic heterocycles. The molecule has 19 heavy (non-hydrogen) atoms. The molecule has 2 aromatic heterocycles. The van der Waals surface area contributed by atoms with Crippen LogP contribution in [0.1, 0.15) is 12.2 Å². The molecular weight excluding hydrogens is 244 g/mol. The molecule has 7 nitrogen and oxygen atoms in total. The molecule has 0 aromatic carbocycles. The van der Waals surface area contributed by atoms with E-state index < -0.39 is 0 Å². The molecule has 2 N–H and O–H groups in total. The number of aryl methyl sites for hydroxylation is 1. The Hall–Kier alpha value is -1.73. The van der Waals surface area contributed by atoms with Gasteiger partial charge in [-0.25, -0.2) is 9.97 Å². The average Bonchev–Trinajstić information content (AvgIpc) is 2.62. The van der Waals surface area contributed by atoms with Gasteiger partial charge in [-0.15, -0.1) is 0 Å². The summed E-state index contributed by atoms with van der Waals surface area (Å²) < 4.78 is 7.17. The van der Waals surface area contributed by atoms with Crippen LogP contribution in [-0.2, 0) is 18.3 Å². The van der Waals surface area contributed by atoms with Crippen molar-refractivity contribution < 1.29 is 4.74 Å². The second kappa shape index (κ2) is 5.10. The van der Waals surface area contributed by atoms with Crippen LogP contribution in [-0.4, -0.2) is 51.0 Å². The first-order valence-electron chi connectivity index (χ1n) is 6.48. The summed E-state index contributed by atoms with van der Waals surface area (Å²) in [5, 5.41) is 4.97. The number of hydrogen-bond acceptors (Lipinski definition) is 6. The molecule has 1 fully saturated rings. The largest absolute Gasteiger partial charge is 0.383 e. The van der Waals surface area contributed by atoms with Gasteiger partial charge in [0.15, 0.2) is 5.65 Å². The monoisotopic (exact) mass is 262 g/mol. The van der Waals surface area contributed by atoms with E-state index in [2.05, 4.69) is 20.0 Å². The molecule has 0 radical (unpaired) electrons. The van der Waals surface area contributed by atoms with Crippen LogP contribution in [0.3, 0.4) is 0 Å². The maximum Gasteiger partial charge on any atom is 0.163 e. The first-order valence-corrected chi connectivity index (χ1v) is 6.48. The molecule has 0 atom stereocenters. The summed E-state index contributed by atoms with van der Waals surface area (Å²) in [6.45, 7) is 4.22. The first kappa shape index (κ1) is 12.3. The Morgan fingerprint density at radius 1 is 1.32 bits per heavy atom. The molecular formula is C12H18N6O. The Labute approximate surface area is 111 Å². The average molecular weight is 262 g/mol. The molecule has 0 amide bonds. The fourth-order valence-electron chi connectivity index (χ4n) is 2.32. The highest BCUT2D eigenvalue weighted by molar-refractivity contribution is 5.84. The third-order valence-corrected chi connectivity index (χ3v) is 3.35. The summed E-state index contributed by atoms with van der Waals surface area (Å²) in [7, 11) is 1.86. The van der Waals surface area contributed by atoms with E-state index in [1.807, 2.05) is 7.05 Å². The number of nitrogens with two attached hydrogens (primary N) is 1. The van der Waals surface area contributed by atoms with Crippen molar-refractivity contribution in [3.05, 3.63) is 12.0 Å². The van der Waals surface area contributed by atoms with Crippen LogP contribution in [0, 0.1) is 0 Å². The minimum Gasteiger partial charge on any atom is -0.383 e. The number of fused-ring (bicyclic) bond motifs is 1. The van der Waals surface area contributed by atoms with Crippen LogP contribution in [0.15, 0.2) is 6.20 Å². The van der Waals surface area contributed by atoms with Crippen LogP contribution >= 0.6 is 0 Å². The van der Waals surface area contributed by atoms with Crippen molar-refractivity contribution in [1.29, 1.82) is 0 Å². The van der Waals surface area contributed by atoms with Crippen LogP contribution in [0.4, 0.5) is 5.82 Å². The number of anilines is 1. The summed E-state index contributed by atoms with van der Waals surface area (Å²) in [5.74, 6) is 1.25. The van der Waals surface area contributed by atoms with E-state index in [4.69, 9.17) is 10.5 Å². The highest BCUT2D eigenvalue weighted by Crippen LogP contribution is 2.17. The Bertz CT molecular complexity index is 573. The van der Waals surface area contributed by atoms with E-state index in [0.29, 0.717) is 12.4 Å². The molecule has 0 unspecified atom stereocenters. The number of rotatable bonds is 2. The Kier molecular flexibility index (Phi) is 3.31. The van der Waals surface area contributed by atoms with Gasteiger partial charge < -0.3 is 10.5 Å². The standard InChI is InChI=1S/C12H18N6O/c1-17-12-9(7-14-17)11(13)15-10(16-12)8-18-3-2-5-19-6-4-18/h7H,2-6,8H2,1H3,(H2,13,15,16). The summed E-state index contributed by atoms with van der Waals surface area (Å²) in [5.41, 5.74) is 6.74. The highest BCUT2D eigenvalue weighted by Gasteiger charge is 2.14. The molecule has 7 heteroatoms. The zero-order valence-electron chi connectivity index (χ0n) is 11.0. The van der Waals surface area contributed by atoms with Gasteiger partial charge in [0.25, 0.3) is 0 Å². The van der Waals surface area contributed by atoms with Crippen molar-refractivity contribution >= 4 is 16.9 Å². The summed E-state index contributed by atoms with van der Waals surface area (Å²) in [6.07, 6.45) is 2.75. The molecule has 0 aliphatic carbocycles. The minimum atomic E-state index is 0.499. The van der Waals surface area contributed by atoms with Crippen molar-refractivity contribution in [1.82, 2.24) is 24.6 Å². The van der Waals surface area contributed by atoms with E-state index in [9.17, 15) is 0 Å².